The molecule has 1 saturated heterocycles. The molecule has 0 spiro atoms. The van der Waals surface area contributed by atoms with E-state index < -0.39 is 11.7 Å². The van der Waals surface area contributed by atoms with Gasteiger partial charge < -0.3 is 10.2 Å². The lowest BCUT2D eigenvalue weighted by atomic mass is 10.0. The van der Waals surface area contributed by atoms with Crippen LogP contribution < -0.4 is 10.2 Å². The van der Waals surface area contributed by atoms with E-state index in [0.717, 1.165) is 37.9 Å². The highest BCUT2D eigenvalue weighted by atomic mass is 35.5. The molecule has 0 bridgehead atoms. The van der Waals surface area contributed by atoms with E-state index in [2.05, 4.69) is 32.3 Å². The van der Waals surface area contributed by atoms with E-state index in [9.17, 15) is 13.2 Å². The SMILES string of the molecule is CCC1CCCCN1c1cnnc(Nc2cc(C(F)(F)F)ccc2Cl)n1. The van der Waals surface area contributed by atoms with Gasteiger partial charge in [-0.15, -0.1) is 5.10 Å². The number of benzene rings is 1. The van der Waals surface area contributed by atoms with Crippen LogP contribution in [0.15, 0.2) is 24.4 Å². The molecule has 1 aliphatic heterocycles. The minimum atomic E-state index is -4.45. The summed E-state index contributed by atoms with van der Waals surface area (Å²) in [6.45, 7) is 3.00. The Bertz CT molecular complexity index is 768. The number of rotatable bonds is 4. The molecule has 1 aromatic heterocycles. The number of anilines is 3. The van der Waals surface area contributed by atoms with E-state index in [4.69, 9.17) is 11.6 Å². The normalized spacial score (nSPS) is 18.0. The Balaban J connectivity index is 1.85. The van der Waals surface area contributed by atoms with Gasteiger partial charge in [-0.25, -0.2) is 0 Å². The van der Waals surface area contributed by atoms with Crippen LogP contribution in [0.1, 0.15) is 38.2 Å². The first kappa shape index (κ1) is 18.7. The fraction of sp³-hybridized carbons (Fsp3) is 0.471. The molecular weight excluding hydrogens is 367 g/mol. The van der Waals surface area contributed by atoms with Crippen molar-refractivity contribution in [3.05, 3.63) is 35.0 Å². The number of nitrogens with one attached hydrogen (secondary N) is 1. The molecule has 0 saturated carbocycles. The summed E-state index contributed by atoms with van der Waals surface area (Å²) in [7, 11) is 0. The maximum atomic E-state index is 12.9. The fourth-order valence-electron chi connectivity index (χ4n) is 3.13. The molecule has 2 aromatic rings. The van der Waals surface area contributed by atoms with Crippen LogP contribution in [0.5, 0.6) is 0 Å². The summed E-state index contributed by atoms with van der Waals surface area (Å²) in [6.07, 6.45) is 1.45. The predicted octanol–water partition coefficient (Wildman–Crippen LogP) is 5.06. The van der Waals surface area contributed by atoms with Crippen molar-refractivity contribution in [3.63, 3.8) is 0 Å². The molecule has 140 valence electrons. The van der Waals surface area contributed by atoms with Crippen molar-refractivity contribution in [1.29, 1.82) is 0 Å². The van der Waals surface area contributed by atoms with Crippen LogP contribution >= 0.6 is 11.6 Å². The Morgan fingerprint density at radius 2 is 2.12 bits per heavy atom. The van der Waals surface area contributed by atoms with Crippen molar-refractivity contribution in [1.82, 2.24) is 15.2 Å². The molecule has 9 heteroatoms. The van der Waals surface area contributed by atoms with Crippen LogP contribution in [-0.2, 0) is 6.18 Å². The van der Waals surface area contributed by atoms with E-state index in [1.54, 1.807) is 6.20 Å². The first-order valence-corrected chi connectivity index (χ1v) is 8.86. The average molecular weight is 386 g/mol. The highest BCUT2D eigenvalue weighted by molar-refractivity contribution is 6.33. The second-order valence-corrected chi connectivity index (χ2v) is 6.61. The summed E-state index contributed by atoms with van der Waals surface area (Å²) in [5, 5.41) is 10.7. The average Bonchev–Trinajstić information content (AvgIpc) is 2.63. The maximum absolute atomic E-state index is 12.9. The molecule has 0 aliphatic carbocycles. The lowest BCUT2D eigenvalue weighted by molar-refractivity contribution is -0.137. The second-order valence-electron chi connectivity index (χ2n) is 6.21. The van der Waals surface area contributed by atoms with Crippen LogP contribution in [0.25, 0.3) is 0 Å². The van der Waals surface area contributed by atoms with Gasteiger partial charge in [0.25, 0.3) is 0 Å². The van der Waals surface area contributed by atoms with Gasteiger partial charge in [-0.2, -0.15) is 23.3 Å². The predicted molar refractivity (Wildman–Crippen MR) is 94.8 cm³/mol. The molecule has 1 fully saturated rings. The summed E-state index contributed by atoms with van der Waals surface area (Å²) in [6, 6.07) is 3.45. The first-order valence-electron chi connectivity index (χ1n) is 8.48. The number of hydrogen-bond donors (Lipinski definition) is 1. The minimum absolute atomic E-state index is 0.0890. The van der Waals surface area contributed by atoms with Gasteiger partial charge in [0, 0.05) is 12.6 Å². The van der Waals surface area contributed by atoms with Crippen molar-refractivity contribution < 1.29 is 13.2 Å². The lowest BCUT2D eigenvalue weighted by Crippen LogP contribution is -2.39. The van der Waals surface area contributed by atoms with Gasteiger partial charge in [-0.3, -0.25) is 0 Å². The van der Waals surface area contributed by atoms with E-state index in [1.807, 2.05) is 0 Å². The quantitative estimate of drug-likeness (QED) is 0.797. The molecule has 0 amide bonds. The summed E-state index contributed by atoms with van der Waals surface area (Å²) in [5.74, 6) is 0.779. The van der Waals surface area contributed by atoms with Crippen molar-refractivity contribution in [2.24, 2.45) is 0 Å². The zero-order chi connectivity index (χ0) is 18.7. The Hall–Kier alpha value is -2.09. The number of nitrogens with zero attached hydrogens (tertiary/aromatic N) is 4. The number of aromatic nitrogens is 3. The van der Waals surface area contributed by atoms with Crippen LogP contribution in [0.2, 0.25) is 5.02 Å². The smallest absolute Gasteiger partial charge is 0.352 e. The zero-order valence-corrected chi connectivity index (χ0v) is 15.0. The Labute approximate surface area is 154 Å². The van der Waals surface area contributed by atoms with Crippen molar-refractivity contribution in [2.75, 3.05) is 16.8 Å². The van der Waals surface area contributed by atoms with Crippen molar-refractivity contribution in [2.45, 2.75) is 44.8 Å². The molecule has 3 rings (SSSR count). The summed E-state index contributed by atoms with van der Waals surface area (Å²) in [5.41, 5.74) is -0.707. The Morgan fingerprint density at radius 1 is 1.31 bits per heavy atom. The molecule has 1 N–H and O–H groups in total. The summed E-state index contributed by atoms with van der Waals surface area (Å²) in [4.78, 5) is 6.60. The minimum Gasteiger partial charge on any atom is -0.352 e. The molecular formula is C17H19ClF3N5. The second kappa shape index (κ2) is 7.65. The van der Waals surface area contributed by atoms with Gasteiger partial charge in [-0.05, 0) is 43.9 Å². The van der Waals surface area contributed by atoms with Crippen LogP contribution in [0, 0.1) is 0 Å². The van der Waals surface area contributed by atoms with Gasteiger partial charge in [0.05, 0.1) is 22.5 Å². The summed E-state index contributed by atoms with van der Waals surface area (Å²) < 4.78 is 38.7. The standard InChI is InChI=1S/C17H19ClF3N5/c1-2-12-5-3-4-8-26(12)15-10-22-25-16(24-15)23-14-9-11(17(19,20)21)6-7-13(14)18/h6-7,9-10,12H,2-5,8H2,1H3,(H,23,24,25). The van der Waals surface area contributed by atoms with Crippen molar-refractivity contribution >= 4 is 29.1 Å². The third kappa shape index (κ3) is 4.17. The molecule has 1 atom stereocenters. The first-order chi connectivity index (χ1) is 12.4. The number of piperidine rings is 1. The lowest BCUT2D eigenvalue weighted by Gasteiger charge is -2.35. The third-order valence-corrected chi connectivity index (χ3v) is 4.81. The van der Waals surface area contributed by atoms with Gasteiger partial charge in [0.1, 0.15) is 0 Å². The van der Waals surface area contributed by atoms with Crippen LogP contribution in [-0.4, -0.2) is 27.8 Å². The molecule has 1 unspecified atom stereocenters. The Kier molecular flexibility index (Phi) is 5.50. The Morgan fingerprint density at radius 3 is 2.85 bits per heavy atom. The fourth-order valence-corrected chi connectivity index (χ4v) is 3.30. The monoisotopic (exact) mass is 385 g/mol. The number of alkyl halides is 3. The van der Waals surface area contributed by atoms with E-state index in [0.29, 0.717) is 11.9 Å². The molecule has 1 aliphatic rings. The zero-order valence-electron chi connectivity index (χ0n) is 14.2. The largest absolute Gasteiger partial charge is 0.416 e. The topological polar surface area (TPSA) is 53.9 Å². The summed E-state index contributed by atoms with van der Waals surface area (Å²) >= 11 is 6.01. The number of hydrogen-bond acceptors (Lipinski definition) is 5. The van der Waals surface area contributed by atoms with E-state index in [1.165, 1.54) is 12.5 Å². The third-order valence-electron chi connectivity index (χ3n) is 4.48. The highest BCUT2D eigenvalue weighted by Gasteiger charge is 2.31. The highest BCUT2D eigenvalue weighted by Crippen LogP contribution is 2.34. The van der Waals surface area contributed by atoms with Gasteiger partial charge in [-0.1, -0.05) is 18.5 Å². The molecule has 26 heavy (non-hydrogen) atoms. The van der Waals surface area contributed by atoms with Crippen molar-refractivity contribution in [3.8, 4) is 0 Å². The van der Waals surface area contributed by atoms with E-state index in [-0.39, 0.29) is 16.7 Å². The molecule has 5 nitrogen and oxygen atoms in total. The molecule has 1 aromatic carbocycles. The van der Waals surface area contributed by atoms with Gasteiger partial charge >= 0.3 is 6.18 Å². The van der Waals surface area contributed by atoms with E-state index >= 15 is 0 Å². The van der Waals surface area contributed by atoms with Crippen LogP contribution in [0.4, 0.5) is 30.6 Å². The number of halogens is 4. The molecule has 0 radical (unpaired) electrons. The van der Waals surface area contributed by atoms with Crippen LogP contribution in [0.3, 0.4) is 0 Å². The van der Waals surface area contributed by atoms with Gasteiger partial charge in [0.15, 0.2) is 5.82 Å². The van der Waals surface area contributed by atoms with Gasteiger partial charge in [0.2, 0.25) is 5.95 Å². The maximum Gasteiger partial charge on any atom is 0.416 e. The molecule has 2 heterocycles.